The second-order valence-corrected chi connectivity index (χ2v) is 1.96. The summed E-state index contributed by atoms with van der Waals surface area (Å²) in [5.74, 6) is 0.477. The van der Waals surface area contributed by atoms with E-state index < -0.39 is 6.10 Å². The van der Waals surface area contributed by atoms with E-state index in [1.165, 1.54) is 6.33 Å². The molecule has 0 saturated heterocycles. The smallest absolute Gasteiger partial charge is 0.153 e. The SMILES string of the molecule is NCC[C@H](O)c1ncn[nH]1. The fourth-order valence-corrected chi connectivity index (χ4v) is 0.670. The van der Waals surface area contributed by atoms with Crippen LogP contribution in [0.2, 0.25) is 0 Å². The van der Waals surface area contributed by atoms with E-state index in [4.69, 9.17) is 5.73 Å². The Morgan fingerprint density at radius 1 is 1.80 bits per heavy atom. The molecule has 0 amide bonds. The molecule has 0 spiro atoms. The molecule has 10 heavy (non-hydrogen) atoms. The number of aromatic amines is 1. The Morgan fingerprint density at radius 3 is 3.10 bits per heavy atom. The molecule has 0 aliphatic rings. The van der Waals surface area contributed by atoms with Crippen LogP contribution in [0.25, 0.3) is 0 Å². The highest BCUT2D eigenvalue weighted by molar-refractivity contribution is 4.85. The first-order chi connectivity index (χ1) is 4.84. The minimum absolute atomic E-state index is 0.446. The van der Waals surface area contributed by atoms with E-state index in [9.17, 15) is 5.11 Å². The van der Waals surface area contributed by atoms with Gasteiger partial charge in [0, 0.05) is 0 Å². The van der Waals surface area contributed by atoms with Gasteiger partial charge in [-0.05, 0) is 13.0 Å². The van der Waals surface area contributed by atoms with Gasteiger partial charge in [0.15, 0.2) is 5.82 Å². The molecule has 0 aromatic carbocycles. The van der Waals surface area contributed by atoms with Crippen LogP contribution in [-0.2, 0) is 0 Å². The molecule has 0 aliphatic carbocycles. The third kappa shape index (κ3) is 1.52. The van der Waals surface area contributed by atoms with E-state index in [2.05, 4.69) is 15.2 Å². The lowest BCUT2D eigenvalue weighted by Crippen LogP contribution is -2.07. The Balaban J connectivity index is 2.50. The van der Waals surface area contributed by atoms with Crippen molar-refractivity contribution in [2.75, 3.05) is 6.54 Å². The fourth-order valence-electron chi connectivity index (χ4n) is 0.670. The number of rotatable bonds is 3. The van der Waals surface area contributed by atoms with E-state index in [0.29, 0.717) is 18.8 Å². The molecule has 4 N–H and O–H groups in total. The van der Waals surface area contributed by atoms with Gasteiger partial charge in [-0.15, -0.1) is 0 Å². The maximum absolute atomic E-state index is 9.20. The van der Waals surface area contributed by atoms with Crippen molar-refractivity contribution in [3.63, 3.8) is 0 Å². The summed E-state index contributed by atoms with van der Waals surface area (Å²) in [7, 11) is 0. The molecule has 0 bridgehead atoms. The number of aliphatic hydroxyl groups excluding tert-OH is 1. The predicted octanol–water partition coefficient (Wildman–Crippen LogP) is -0.813. The minimum atomic E-state index is -0.604. The lowest BCUT2D eigenvalue weighted by atomic mass is 10.2. The average molecular weight is 142 g/mol. The van der Waals surface area contributed by atoms with Crippen LogP contribution in [0.4, 0.5) is 0 Å². The zero-order valence-electron chi connectivity index (χ0n) is 5.49. The van der Waals surface area contributed by atoms with Crippen molar-refractivity contribution in [1.29, 1.82) is 0 Å². The molecule has 56 valence electrons. The number of nitrogens with zero attached hydrogens (tertiary/aromatic N) is 2. The van der Waals surface area contributed by atoms with Crippen LogP contribution in [-0.4, -0.2) is 26.8 Å². The molecule has 0 saturated carbocycles. The van der Waals surface area contributed by atoms with Crippen molar-refractivity contribution in [3.8, 4) is 0 Å². The largest absolute Gasteiger partial charge is 0.385 e. The molecule has 1 heterocycles. The van der Waals surface area contributed by atoms with Gasteiger partial charge in [0.1, 0.15) is 12.4 Å². The number of nitrogens with one attached hydrogen (secondary N) is 1. The Hall–Kier alpha value is -0.940. The van der Waals surface area contributed by atoms with Crippen molar-refractivity contribution in [2.45, 2.75) is 12.5 Å². The van der Waals surface area contributed by atoms with E-state index in [0.717, 1.165) is 0 Å². The molecule has 0 fully saturated rings. The molecule has 0 radical (unpaired) electrons. The molecule has 0 aliphatic heterocycles. The van der Waals surface area contributed by atoms with Gasteiger partial charge in [0.05, 0.1) is 0 Å². The van der Waals surface area contributed by atoms with Crippen LogP contribution in [0.5, 0.6) is 0 Å². The van der Waals surface area contributed by atoms with E-state index >= 15 is 0 Å². The van der Waals surface area contributed by atoms with Gasteiger partial charge >= 0.3 is 0 Å². The van der Waals surface area contributed by atoms with E-state index in [1.807, 2.05) is 0 Å². The summed E-state index contributed by atoms with van der Waals surface area (Å²) in [6.45, 7) is 0.446. The summed E-state index contributed by atoms with van der Waals surface area (Å²) < 4.78 is 0. The number of aromatic nitrogens is 3. The summed E-state index contributed by atoms with van der Waals surface area (Å²) in [4.78, 5) is 3.76. The van der Waals surface area contributed by atoms with E-state index in [1.54, 1.807) is 0 Å². The summed E-state index contributed by atoms with van der Waals surface area (Å²) in [6.07, 6.45) is 1.26. The topological polar surface area (TPSA) is 87.8 Å². The molecule has 5 nitrogen and oxygen atoms in total. The summed E-state index contributed by atoms with van der Waals surface area (Å²) >= 11 is 0. The Labute approximate surface area is 58.3 Å². The van der Waals surface area contributed by atoms with Crippen LogP contribution in [0.15, 0.2) is 6.33 Å². The fraction of sp³-hybridized carbons (Fsp3) is 0.600. The highest BCUT2D eigenvalue weighted by Gasteiger charge is 2.07. The van der Waals surface area contributed by atoms with Crippen molar-refractivity contribution < 1.29 is 5.11 Å². The lowest BCUT2D eigenvalue weighted by molar-refractivity contribution is 0.161. The maximum atomic E-state index is 9.20. The molecule has 0 unspecified atom stereocenters. The van der Waals surface area contributed by atoms with Gasteiger partial charge in [-0.1, -0.05) is 0 Å². The number of aliphatic hydroxyl groups is 1. The lowest BCUT2D eigenvalue weighted by Gasteiger charge is -2.02. The molecular weight excluding hydrogens is 132 g/mol. The van der Waals surface area contributed by atoms with Crippen LogP contribution in [0.3, 0.4) is 0 Å². The first kappa shape index (κ1) is 7.17. The number of hydrogen-bond acceptors (Lipinski definition) is 4. The van der Waals surface area contributed by atoms with E-state index in [-0.39, 0.29) is 0 Å². The summed E-state index contributed by atoms with van der Waals surface area (Å²) in [5, 5.41) is 15.3. The predicted molar refractivity (Wildman–Crippen MR) is 35.0 cm³/mol. The zero-order valence-corrected chi connectivity index (χ0v) is 5.49. The normalized spacial score (nSPS) is 13.4. The van der Waals surface area contributed by atoms with Crippen LogP contribution >= 0.6 is 0 Å². The Kier molecular flexibility index (Phi) is 2.35. The molecular formula is C5H10N4O. The first-order valence-electron chi connectivity index (χ1n) is 3.08. The highest BCUT2D eigenvalue weighted by atomic mass is 16.3. The van der Waals surface area contributed by atoms with Gasteiger partial charge < -0.3 is 10.8 Å². The van der Waals surface area contributed by atoms with Crippen molar-refractivity contribution in [3.05, 3.63) is 12.2 Å². The van der Waals surface area contributed by atoms with Gasteiger partial charge in [-0.3, -0.25) is 5.10 Å². The van der Waals surface area contributed by atoms with Gasteiger partial charge in [0.25, 0.3) is 0 Å². The first-order valence-corrected chi connectivity index (χ1v) is 3.08. The van der Waals surface area contributed by atoms with Gasteiger partial charge in [0.2, 0.25) is 0 Å². The maximum Gasteiger partial charge on any atom is 0.153 e. The summed E-state index contributed by atoms with van der Waals surface area (Å²) in [6, 6.07) is 0. The number of nitrogens with two attached hydrogens (primary N) is 1. The average Bonchev–Trinajstić information content (AvgIpc) is 2.38. The Morgan fingerprint density at radius 2 is 2.60 bits per heavy atom. The van der Waals surface area contributed by atoms with Crippen molar-refractivity contribution in [2.24, 2.45) is 5.73 Å². The quantitative estimate of drug-likeness (QED) is 0.515. The molecule has 1 aromatic rings. The standard InChI is InChI=1S/C5H10N4O/c6-2-1-4(10)5-7-3-8-9-5/h3-4,10H,1-2,6H2,(H,7,8,9)/t4-/m0/s1. The third-order valence-corrected chi connectivity index (χ3v) is 1.19. The van der Waals surface area contributed by atoms with Gasteiger partial charge in [-0.25, -0.2) is 4.98 Å². The second-order valence-electron chi connectivity index (χ2n) is 1.96. The van der Waals surface area contributed by atoms with Crippen LogP contribution in [0.1, 0.15) is 18.3 Å². The van der Waals surface area contributed by atoms with Crippen molar-refractivity contribution >= 4 is 0 Å². The highest BCUT2D eigenvalue weighted by Crippen LogP contribution is 2.07. The monoisotopic (exact) mass is 142 g/mol. The molecule has 5 heteroatoms. The Bertz CT molecular complexity index is 174. The minimum Gasteiger partial charge on any atom is -0.385 e. The van der Waals surface area contributed by atoms with Gasteiger partial charge in [-0.2, -0.15) is 5.10 Å². The molecule has 1 aromatic heterocycles. The molecule has 1 rings (SSSR count). The van der Waals surface area contributed by atoms with Crippen LogP contribution < -0.4 is 5.73 Å². The third-order valence-electron chi connectivity index (χ3n) is 1.19. The number of H-pyrrole nitrogens is 1. The second kappa shape index (κ2) is 3.28. The number of hydrogen-bond donors (Lipinski definition) is 3. The molecule has 1 atom stereocenters. The van der Waals surface area contributed by atoms with Crippen molar-refractivity contribution in [1.82, 2.24) is 15.2 Å². The van der Waals surface area contributed by atoms with Crippen LogP contribution in [0, 0.1) is 0 Å². The zero-order chi connectivity index (χ0) is 7.40. The summed E-state index contributed by atoms with van der Waals surface area (Å²) in [5.41, 5.74) is 5.21.